The van der Waals surface area contributed by atoms with Crippen LogP contribution in [0.1, 0.15) is 32.3 Å². The maximum Gasteiger partial charge on any atom is 0.234 e. The molecular formula is C22H27NO4S. The minimum atomic E-state index is -0.509. The molecule has 3 rings (SSSR count). The zero-order chi connectivity index (χ0) is 20.1. The van der Waals surface area contributed by atoms with Gasteiger partial charge >= 0.3 is 0 Å². The predicted octanol–water partition coefficient (Wildman–Crippen LogP) is 4.88. The van der Waals surface area contributed by atoms with E-state index in [0.717, 1.165) is 52.0 Å². The van der Waals surface area contributed by atoms with Crippen LogP contribution in [0.15, 0.2) is 41.3 Å². The van der Waals surface area contributed by atoms with Crippen molar-refractivity contribution in [2.45, 2.75) is 37.0 Å². The Morgan fingerprint density at radius 1 is 1.00 bits per heavy atom. The molecule has 0 atom stereocenters. The summed E-state index contributed by atoms with van der Waals surface area (Å²) in [5.41, 5.74) is 1.37. The summed E-state index contributed by atoms with van der Waals surface area (Å²) >= 11 is 1.79. The summed E-state index contributed by atoms with van der Waals surface area (Å²) in [4.78, 5) is 13.2. The fourth-order valence-corrected chi connectivity index (χ4v) is 4.07. The van der Waals surface area contributed by atoms with E-state index in [9.17, 15) is 4.79 Å². The fourth-order valence-electron chi connectivity index (χ4n) is 3.13. The molecule has 0 aliphatic carbocycles. The first kappa shape index (κ1) is 20.4. The number of fused-ring (bicyclic) bond motifs is 1. The fraction of sp³-hybridized carbons (Fsp3) is 0.409. The molecule has 1 aliphatic heterocycles. The Kier molecular flexibility index (Phi) is 6.39. The lowest BCUT2D eigenvalue weighted by Crippen LogP contribution is -2.26. The molecule has 1 N–H and O–H groups in total. The van der Waals surface area contributed by atoms with E-state index in [0.29, 0.717) is 6.61 Å². The van der Waals surface area contributed by atoms with Crippen LogP contribution >= 0.6 is 11.8 Å². The van der Waals surface area contributed by atoms with Gasteiger partial charge in [0.15, 0.2) is 11.5 Å². The zero-order valence-corrected chi connectivity index (χ0v) is 17.7. The van der Waals surface area contributed by atoms with Gasteiger partial charge in [-0.25, -0.2) is 0 Å². The van der Waals surface area contributed by atoms with Crippen LogP contribution in [-0.2, 0) is 10.2 Å². The van der Waals surface area contributed by atoms with Crippen LogP contribution in [0, 0.1) is 0 Å². The minimum Gasteiger partial charge on any atom is -0.494 e. The van der Waals surface area contributed by atoms with E-state index in [2.05, 4.69) is 5.32 Å². The first-order valence-electron chi connectivity index (χ1n) is 9.39. The molecule has 150 valence electrons. The maximum atomic E-state index is 12.0. The van der Waals surface area contributed by atoms with Crippen molar-refractivity contribution in [1.82, 2.24) is 0 Å². The van der Waals surface area contributed by atoms with Crippen molar-refractivity contribution >= 4 is 23.4 Å². The van der Waals surface area contributed by atoms with Gasteiger partial charge in [-0.15, -0.1) is 11.8 Å². The Bertz CT molecular complexity index is 850. The van der Waals surface area contributed by atoms with Crippen molar-refractivity contribution in [3.05, 3.63) is 42.0 Å². The number of anilines is 1. The number of hydrogen-bond acceptors (Lipinski definition) is 5. The highest BCUT2D eigenvalue weighted by Gasteiger charge is 2.38. The number of amides is 1. The number of ether oxygens (including phenoxy) is 3. The summed E-state index contributed by atoms with van der Waals surface area (Å²) in [6.07, 6.45) is 2.02. The predicted molar refractivity (Wildman–Crippen MR) is 113 cm³/mol. The van der Waals surface area contributed by atoms with Gasteiger partial charge in [-0.2, -0.15) is 0 Å². The highest BCUT2D eigenvalue weighted by atomic mass is 32.2. The van der Waals surface area contributed by atoms with E-state index in [1.165, 1.54) is 0 Å². The summed E-state index contributed by atoms with van der Waals surface area (Å²) in [7, 11) is 3.29. The number of thioether (sulfide) groups is 1. The van der Waals surface area contributed by atoms with Gasteiger partial charge in [0.1, 0.15) is 5.75 Å². The molecule has 28 heavy (non-hydrogen) atoms. The van der Waals surface area contributed by atoms with E-state index in [1.54, 1.807) is 26.0 Å². The second-order valence-electron chi connectivity index (χ2n) is 7.21. The molecule has 1 aliphatic rings. The van der Waals surface area contributed by atoms with Gasteiger partial charge in [-0.3, -0.25) is 4.79 Å². The molecule has 6 heteroatoms. The Balaban J connectivity index is 1.43. The summed E-state index contributed by atoms with van der Waals surface area (Å²) in [6, 6.07) is 11.8. The number of carbonyl (C=O) groups is 1. The monoisotopic (exact) mass is 401 g/mol. The second kappa shape index (κ2) is 8.78. The Labute approximate surface area is 170 Å². The molecule has 2 aromatic rings. The SMILES string of the molecule is COc1ccc(SCCCCOc2ccc3c(c2)C(C)(C)C(=O)N3)cc1OC. The number of hydrogen-bond donors (Lipinski definition) is 1. The second-order valence-corrected chi connectivity index (χ2v) is 8.38. The quantitative estimate of drug-likeness (QED) is 0.479. The van der Waals surface area contributed by atoms with Crippen LogP contribution in [0.4, 0.5) is 5.69 Å². The summed E-state index contributed by atoms with van der Waals surface area (Å²) < 4.78 is 16.5. The lowest BCUT2D eigenvalue weighted by atomic mass is 9.86. The lowest BCUT2D eigenvalue weighted by Gasteiger charge is -2.16. The van der Waals surface area contributed by atoms with Crippen molar-refractivity contribution in [3.63, 3.8) is 0 Å². The standard InChI is InChI=1S/C22H27NO4S/c1-22(2)17-13-15(7-9-18(17)23-21(22)24)27-11-5-6-12-28-16-8-10-19(25-3)20(14-16)26-4/h7-10,13-14H,5-6,11-12H2,1-4H3,(H,23,24). The molecule has 0 saturated heterocycles. The van der Waals surface area contributed by atoms with Crippen LogP contribution < -0.4 is 19.5 Å². The molecule has 0 unspecified atom stereocenters. The van der Waals surface area contributed by atoms with Gasteiger partial charge in [0.25, 0.3) is 0 Å². The third kappa shape index (κ3) is 4.38. The van der Waals surface area contributed by atoms with E-state index >= 15 is 0 Å². The first-order chi connectivity index (χ1) is 13.5. The van der Waals surface area contributed by atoms with E-state index < -0.39 is 5.41 Å². The molecule has 0 fully saturated rings. The van der Waals surface area contributed by atoms with Gasteiger partial charge in [-0.05, 0) is 74.4 Å². The summed E-state index contributed by atoms with van der Waals surface area (Å²) in [5.74, 6) is 3.36. The molecule has 0 saturated carbocycles. The molecular weight excluding hydrogens is 374 g/mol. The Hall–Kier alpha value is -2.34. The first-order valence-corrected chi connectivity index (χ1v) is 10.4. The average molecular weight is 402 g/mol. The molecule has 1 amide bonds. The van der Waals surface area contributed by atoms with Crippen molar-refractivity contribution in [1.29, 1.82) is 0 Å². The van der Waals surface area contributed by atoms with E-state index in [4.69, 9.17) is 14.2 Å². The number of methoxy groups -OCH3 is 2. The topological polar surface area (TPSA) is 56.8 Å². The van der Waals surface area contributed by atoms with Crippen molar-refractivity contribution < 1.29 is 19.0 Å². The molecule has 5 nitrogen and oxygen atoms in total. The number of carbonyl (C=O) groups excluding carboxylic acids is 1. The zero-order valence-electron chi connectivity index (χ0n) is 16.8. The largest absolute Gasteiger partial charge is 0.494 e. The number of rotatable bonds is 9. The van der Waals surface area contributed by atoms with Crippen molar-refractivity contribution in [2.24, 2.45) is 0 Å². The molecule has 0 radical (unpaired) electrons. The van der Waals surface area contributed by atoms with Crippen LogP contribution in [-0.4, -0.2) is 32.5 Å². The number of unbranched alkanes of at least 4 members (excludes halogenated alkanes) is 1. The Morgan fingerprint density at radius 2 is 1.79 bits per heavy atom. The molecule has 0 bridgehead atoms. The Morgan fingerprint density at radius 3 is 2.54 bits per heavy atom. The lowest BCUT2D eigenvalue weighted by molar-refractivity contribution is -0.119. The van der Waals surface area contributed by atoms with E-state index in [-0.39, 0.29) is 5.91 Å². The van der Waals surface area contributed by atoms with Gasteiger partial charge < -0.3 is 19.5 Å². The van der Waals surface area contributed by atoms with Crippen LogP contribution in [0.5, 0.6) is 17.2 Å². The molecule has 2 aromatic carbocycles. The summed E-state index contributed by atoms with van der Waals surface area (Å²) in [5, 5.41) is 2.92. The normalized spacial score (nSPS) is 14.4. The van der Waals surface area contributed by atoms with Crippen molar-refractivity contribution in [3.8, 4) is 17.2 Å². The van der Waals surface area contributed by atoms with Crippen LogP contribution in [0.25, 0.3) is 0 Å². The van der Waals surface area contributed by atoms with Crippen LogP contribution in [0.2, 0.25) is 0 Å². The third-order valence-electron chi connectivity index (χ3n) is 4.91. The van der Waals surface area contributed by atoms with Gasteiger partial charge in [-0.1, -0.05) is 0 Å². The molecule has 0 spiro atoms. The maximum absolute atomic E-state index is 12.0. The third-order valence-corrected chi connectivity index (χ3v) is 5.99. The van der Waals surface area contributed by atoms with Crippen molar-refractivity contribution in [2.75, 3.05) is 31.9 Å². The molecule has 0 aromatic heterocycles. The van der Waals surface area contributed by atoms with Gasteiger partial charge in [0.05, 0.1) is 26.2 Å². The summed E-state index contributed by atoms with van der Waals surface area (Å²) in [6.45, 7) is 4.53. The van der Waals surface area contributed by atoms with Gasteiger partial charge in [0, 0.05) is 10.6 Å². The number of benzene rings is 2. The smallest absolute Gasteiger partial charge is 0.234 e. The highest BCUT2D eigenvalue weighted by molar-refractivity contribution is 7.99. The highest BCUT2D eigenvalue weighted by Crippen LogP contribution is 2.39. The average Bonchev–Trinajstić information content (AvgIpc) is 2.93. The molecule has 1 heterocycles. The van der Waals surface area contributed by atoms with Crippen LogP contribution in [0.3, 0.4) is 0 Å². The number of nitrogens with one attached hydrogen (secondary N) is 1. The van der Waals surface area contributed by atoms with E-state index in [1.807, 2.05) is 50.2 Å². The van der Waals surface area contributed by atoms with Gasteiger partial charge in [0.2, 0.25) is 5.91 Å². The minimum absolute atomic E-state index is 0.0341.